The Bertz CT molecular complexity index is 1290. The molecule has 9 nitrogen and oxygen atoms in total. The summed E-state index contributed by atoms with van der Waals surface area (Å²) in [6.45, 7) is 4.72. The maximum Gasteiger partial charge on any atom is 0.254 e. The Hall–Kier alpha value is -3.37. The Morgan fingerprint density at radius 2 is 1.89 bits per heavy atom. The fraction of sp³-hybridized carbons (Fsp3) is 0.360. The van der Waals surface area contributed by atoms with E-state index in [2.05, 4.69) is 4.98 Å². The lowest BCUT2D eigenvalue weighted by atomic mass is 10.1. The molecule has 0 aliphatic carbocycles. The third-order valence-electron chi connectivity index (χ3n) is 5.73. The van der Waals surface area contributed by atoms with Gasteiger partial charge in [0.05, 0.1) is 30.8 Å². The Morgan fingerprint density at radius 1 is 1.14 bits per heavy atom. The summed E-state index contributed by atoms with van der Waals surface area (Å²) in [7, 11) is -2.17. The van der Waals surface area contributed by atoms with Crippen LogP contribution in [0.4, 0.5) is 0 Å². The molecule has 0 radical (unpaired) electrons. The van der Waals surface area contributed by atoms with Gasteiger partial charge in [-0.25, -0.2) is 13.4 Å². The van der Waals surface area contributed by atoms with E-state index < -0.39 is 9.84 Å². The Balaban J connectivity index is 1.63. The van der Waals surface area contributed by atoms with Crippen LogP contribution in [0, 0.1) is 0 Å². The molecule has 3 aromatic rings. The van der Waals surface area contributed by atoms with Gasteiger partial charge < -0.3 is 23.7 Å². The number of methoxy groups -OCH3 is 1. The standard InChI is InChI=1S/C25H29N3O6S/c1-18(2)28(24(29)20-9-10-22-23(13-20)34-17-33-22)15-21-14-26-25(27(21)11-12-32-3)35(30,31)16-19-7-5-4-6-8-19/h4-10,13-14,18H,11-12,15-17H2,1-3H3. The van der Waals surface area contributed by atoms with Crippen LogP contribution in [-0.2, 0) is 33.4 Å². The lowest BCUT2D eigenvalue weighted by Gasteiger charge is -2.27. The minimum atomic E-state index is -3.73. The molecule has 0 bridgehead atoms. The molecule has 1 aliphatic heterocycles. The molecule has 1 aromatic heterocycles. The van der Waals surface area contributed by atoms with E-state index >= 15 is 0 Å². The predicted molar refractivity (Wildman–Crippen MR) is 129 cm³/mol. The van der Waals surface area contributed by atoms with Gasteiger partial charge in [0.1, 0.15) is 0 Å². The minimum Gasteiger partial charge on any atom is -0.454 e. The molecular formula is C25H29N3O6S. The third-order valence-corrected chi connectivity index (χ3v) is 7.33. The second kappa shape index (κ2) is 10.5. The lowest BCUT2D eigenvalue weighted by Crippen LogP contribution is -2.37. The zero-order valence-corrected chi connectivity index (χ0v) is 20.8. The van der Waals surface area contributed by atoms with Gasteiger partial charge in [0.15, 0.2) is 11.5 Å². The Labute approximate surface area is 205 Å². The second-order valence-electron chi connectivity index (χ2n) is 8.52. The first-order valence-electron chi connectivity index (χ1n) is 11.3. The highest BCUT2D eigenvalue weighted by Gasteiger charge is 2.27. The van der Waals surface area contributed by atoms with E-state index in [1.165, 1.54) is 6.20 Å². The summed E-state index contributed by atoms with van der Waals surface area (Å²) >= 11 is 0. The molecule has 4 rings (SSSR count). The van der Waals surface area contributed by atoms with E-state index in [0.717, 1.165) is 0 Å². The molecule has 0 saturated heterocycles. The van der Waals surface area contributed by atoms with Crippen molar-refractivity contribution in [2.75, 3.05) is 20.5 Å². The summed E-state index contributed by atoms with van der Waals surface area (Å²) in [5, 5.41) is -0.0346. The Kier molecular flexibility index (Phi) is 7.42. The average Bonchev–Trinajstić information content (AvgIpc) is 3.47. The van der Waals surface area contributed by atoms with Crippen molar-refractivity contribution >= 4 is 15.7 Å². The number of amides is 1. The Morgan fingerprint density at radius 3 is 2.60 bits per heavy atom. The van der Waals surface area contributed by atoms with Crippen molar-refractivity contribution < 1.29 is 27.4 Å². The van der Waals surface area contributed by atoms with Crippen LogP contribution in [0.5, 0.6) is 11.5 Å². The van der Waals surface area contributed by atoms with Crippen molar-refractivity contribution in [3.8, 4) is 11.5 Å². The number of hydrogen-bond donors (Lipinski definition) is 0. The number of hydrogen-bond acceptors (Lipinski definition) is 7. The predicted octanol–water partition coefficient (Wildman–Crippen LogP) is 3.28. The molecule has 2 heterocycles. The van der Waals surface area contributed by atoms with Crippen LogP contribution in [0.25, 0.3) is 0 Å². The highest BCUT2D eigenvalue weighted by molar-refractivity contribution is 7.90. The van der Waals surface area contributed by atoms with Crippen molar-refractivity contribution in [2.45, 2.75) is 43.9 Å². The summed E-state index contributed by atoms with van der Waals surface area (Å²) in [6.07, 6.45) is 1.52. The molecule has 186 valence electrons. The van der Waals surface area contributed by atoms with Gasteiger partial charge in [0.25, 0.3) is 5.91 Å². The topological polar surface area (TPSA) is 100.0 Å². The van der Waals surface area contributed by atoms with Crippen molar-refractivity contribution in [3.05, 3.63) is 71.5 Å². The van der Waals surface area contributed by atoms with Gasteiger partial charge >= 0.3 is 0 Å². The maximum absolute atomic E-state index is 13.4. The molecule has 1 amide bonds. The number of carbonyl (C=O) groups excluding carboxylic acids is 1. The summed E-state index contributed by atoms with van der Waals surface area (Å²) < 4.78 is 44.1. The number of benzene rings is 2. The van der Waals surface area contributed by atoms with Crippen LogP contribution in [0.3, 0.4) is 0 Å². The van der Waals surface area contributed by atoms with Gasteiger partial charge in [-0.3, -0.25) is 4.79 Å². The fourth-order valence-electron chi connectivity index (χ4n) is 3.91. The van der Waals surface area contributed by atoms with Gasteiger partial charge in [-0.1, -0.05) is 30.3 Å². The number of sulfone groups is 1. The SMILES string of the molecule is COCCn1c(CN(C(=O)c2ccc3c(c2)OCO3)C(C)C)cnc1S(=O)(=O)Cc1ccccc1. The number of ether oxygens (including phenoxy) is 3. The third kappa shape index (κ3) is 5.49. The molecule has 0 unspecified atom stereocenters. The van der Waals surface area contributed by atoms with Crippen molar-refractivity contribution in [3.63, 3.8) is 0 Å². The summed E-state index contributed by atoms with van der Waals surface area (Å²) in [4.78, 5) is 19.4. The first-order chi connectivity index (χ1) is 16.8. The molecule has 35 heavy (non-hydrogen) atoms. The molecule has 0 atom stereocenters. The normalized spacial score (nSPS) is 12.8. The molecule has 0 spiro atoms. The fourth-order valence-corrected chi connectivity index (χ4v) is 5.42. The highest BCUT2D eigenvalue weighted by Crippen LogP contribution is 2.33. The van der Waals surface area contributed by atoms with E-state index in [-0.39, 0.29) is 36.2 Å². The summed E-state index contributed by atoms with van der Waals surface area (Å²) in [5.41, 5.74) is 1.75. The first-order valence-corrected chi connectivity index (χ1v) is 13.0. The summed E-state index contributed by atoms with van der Waals surface area (Å²) in [6, 6.07) is 13.9. The first kappa shape index (κ1) is 24.7. The van der Waals surface area contributed by atoms with Crippen LogP contribution in [0.2, 0.25) is 0 Å². The van der Waals surface area contributed by atoms with E-state index in [1.807, 2.05) is 19.9 Å². The van der Waals surface area contributed by atoms with E-state index in [1.54, 1.807) is 59.0 Å². The van der Waals surface area contributed by atoms with Crippen LogP contribution in [0.1, 0.15) is 35.5 Å². The molecule has 10 heteroatoms. The van der Waals surface area contributed by atoms with E-state index in [9.17, 15) is 13.2 Å². The quantitative estimate of drug-likeness (QED) is 0.422. The van der Waals surface area contributed by atoms with Crippen LogP contribution in [0.15, 0.2) is 59.9 Å². The number of fused-ring (bicyclic) bond motifs is 1. The molecule has 1 aliphatic rings. The molecular weight excluding hydrogens is 470 g/mol. The smallest absolute Gasteiger partial charge is 0.254 e. The monoisotopic (exact) mass is 499 g/mol. The molecule has 0 saturated carbocycles. The zero-order chi connectivity index (χ0) is 25.0. The molecule has 0 N–H and O–H groups in total. The highest BCUT2D eigenvalue weighted by atomic mass is 32.2. The minimum absolute atomic E-state index is 0.0346. The van der Waals surface area contributed by atoms with Crippen LogP contribution in [-0.4, -0.2) is 55.3 Å². The van der Waals surface area contributed by atoms with Gasteiger partial charge in [0, 0.05) is 25.3 Å². The van der Waals surface area contributed by atoms with Crippen LogP contribution < -0.4 is 9.47 Å². The number of carbonyl (C=O) groups is 1. The number of rotatable bonds is 10. The summed E-state index contributed by atoms with van der Waals surface area (Å²) in [5.74, 6) is 0.760. The van der Waals surface area contributed by atoms with Gasteiger partial charge in [-0.2, -0.15) is 0 Å². The maximum atomic E-state index is 13.4. The van der Waals surface area contributed by atoms with Crippen molar-refractivity contribution in [1.82, 2.24) is 14.5 Å². The number of aromatic nitrogens is 2. The lowest BCUT2D eigenvalue weighted by molar-refractivity contribution is 0.0683. The van der Waals surface area contributed by atoms with Gasteiger partial charge in [0.2, 0.25) is 21.8 Å². The second-order valence-corrected chi connectivity index (χ2v) is 10.4. The largest absolute Gasteiger partial charge is 0.454 e. The zero-order valence-electron chi connectivity index (χ0n) is 20.0. The molecule has 0 fully saturated rings. The van der Waals surface area contributed by atoms with Crippen LogP contribution >= 0.6 is 0 Å². The van der Waals surface area contributed by atoms with Crippen molar-refractivity contribution in [2.24, 2.45) is 0 Å². The van der Waals surface area contributed by atoms with E-state index in [4.69, 9.17) is 14.2 Å². The van der Waals surface area contributed by atoms with Gasteiger partial charge in [-0.15, -0.1) is 0 Å². The van der Waals surface area contributed by atoms with E-state index in [0.29, 0.717) is 41.5 Å². The van der Waals surface area contributed by atoms with Gasteiger partial charge in [-0.05, 0) is 37.6 Å². The molecule has 2 aromatic carbocycles. The number of nitrogens with zero attached hydrogens (tertiary/aromatic N) is 3. The number of imidazole rings is 1. The van der Waals surface area contributed by atoms with Crippen molar-refractivity contribution in [1.29, 1.82) is 0 Å². The average molecular weight is 500 g/mol.